The molecule has 1 amide bonds. The minimum absolute atomic E-state index is 0.0875. The zero-order chi connectivity index (χ0) is 13.7. The van der Waals surface area contributed by atoms with Crippen LogP contribution in [0.4, 0.5) is 4.39 Å². The number of nitrogens with zero attached hydrogens (tertiary/aromatic N) is 1. The quantitative estimate of drug-likeness (QED) is 0.816. The van der Waals surface area contributed by atoms with E-state index in [9.17, 15) is 9.18 Å². The van der Waals surface area contributed by atoms with Crippen molar-refractivity contribution >= 4 is 33.6 Å². The lowest BCUT2D eigenvalue weighted by atomic mass is 10.1. The summed E-state index contributed by atoms with van der Waals surface area (Å²) in [5, 5.41) is 0. The third-order valence-electron chi connectivity index (χ3n) is 2.88. The van der Waals surface area contributed by atoms with Crippen LogP contribution >= 0.6 is 27.7 Å². The molecular formula is C13H17BrFNOS. The van der Waals surface area contributed by atoms with E-state index in [1.54, 1.807) is 23.7 Å². The smallest absolute Gasteiger partial charge is 0.254 e. The van der Waals surface area contributed by atoms with E-state index >= 15 is 0 Å². The minimum Gasteiger partial charge on any atom is -0.339 e. The van der Waals surface area contributed by atoms with E-state index in [-0.39, 0.29) is 17.8 Å². The predicted octanol–water partition coefficient (Wildman–Crippen LogP) is 3.80. The van der Waals surface area contributed by atoms with Crippen LogP contribution in [0.2, 0.25) is 0 Å². The number of hydrogen-bond donors (Lipinski definition) is 0. The first-order valence-electron chi connectivity index (χ1n) is 5.68. The van der Waals surface area contributed by atoms with E-state index in [0.717, 1.165) is 12.2 Å². The number of amides is 1. The van der Waals surface area contributed by atoms with Gasteiger partial charge < -0.3 is 4.90 Å². The highest BCUT2D eigenvalue weighted by molar-refractivity contribution is 9.10. The molecule has 0 saturated heterocycles. The molecule has 18 heavy (non-hydrogen) atoms. The van der Waals surface area contributed by atoms with E-state index in [1.807, 2.05) is 13.2 Å². The largest absolute Gasteiger partial charge is 0.339 e. The normalized spacial score (nSPS) is 12.3. The average Bonchev–Trinajstić information content (AvgIpc) is 2.34. The molecule has 0 aliphatic rings. The second kappa shape index (κ2) is 7.14. The van der Waals surface area contributed by atoms with Gasteiger partial charge in [0.25, 0.3) is 5.91 Å². The molecule has 1 unspecified atom stereocenters. The fourth-order valence-corrected chi connectivity index (χ4v) is 2.63. The van der Waals surface area contributed by atoms with Gasteiger partial charge in [-0.25, -0.2) is 4.39 Å². The second-order valence-electron chi connectivity index (χ2n) is 4.17. The molecule has 0 spiro atoms. The minimum atomic E-state index is -0.350. The van der Waals surface area contributed by atoms with Crippen LogP contribution in [0.3, 0.4) is 0 Å². The van der Waals surface area contributed by atoms with Crippen molar-refractivity contribution in [2.24, 2.45) is 0 Å². The van der Waals surface area contributed by atoms with Crippen molar-refractivity contribution in [2.45, 2.75) is 19.4 Å². The van der Waals surface area contributed by atoms with Crippen molar-refractivity contribution in [3.63, 3.8) is 0 Å². The molecule has 0 bridgehead atoms. The van der Waals surface area contributed by atoms with Gasteiger partial charge in [0.15, 0.2) is 0 Å². The zero-order valence-corrected chi connectivity index (χ0v) is 13.1. The van der Waals surface area contributed by atoms with Crippen molar-refractivity contribution in [3.8, 4) is 0 Å². The first kappa shape index (κ1) is 15.5. The van der Waals surface area contributed by atoms with Gasteiger partial charge in [-0.1, -0.05) is 0 Å². The Morgan fingerprint density at radius 2 is 2.22 bits per heavy atom. The van der Waals surface area contributed by atoms with Crippen LogP contribution in [0, 0.1) is 5.82 Å². The van der Waals surface area contributed by atoms with Crippen molar-refractivity contribution in [3.05, 3.63) is 34.1 Å². The fraction of sp³-hybridized carbons (Fsp3) is 0.462. The average molecular weight is 334 g/mol. The Morgan fingerprint density at radius 3 is 2.78 bits per heavy atom. The molecule has 5 heteroatoms. The summed E-state index contributed by atoms with van der Waals surface area (Å²) in [5.74, 6) is 0.579. The summed E-state index contributed by atoms with van der Waals surface area (Å²) in [6.45, 7) is 2.02. The van der Waals surface area contributed by atoms with Crippen LogP contribution in [0.5, 0.6) is 0 Å². The van der Waals surface area contributed by atoms with E-state index < -0.39 is 0 Å². The summed E-state index contributed by atoms with van der Waals surface area (Å²) in [4.78, 5) is 14.0. The van der Waals surface area contributed by atoms with Gasteiger partial charge in [0.1, 0.15) is 5.82 Å². The lowest BCUT2D eigenvalue weighted by Gasteiger charge is -2.25. The van der Waals surface area contributed by atoms with Crippen molar-refractivity contribution in [2.75, 3.05) is 19.1 Å². The van der Waals surface area contributed by atoms with Gasteiger partial charge in [-0.2, -0.15) is 11.8 Å². The molecule has 0 aliphatic carbocycles. The third kappa shape index (κ3) is 3.99. The Balaban J connectivity index is 2.79. The zero-order valence-electron chi connectivity index (χ0n) is 10.7. The first-order valence-corrected chi connectivity index (χ1v) is 7.87. The molecule has 0 saturated carbocycles. The molecule has 0 aliphatic heterocycles. The summed E-state index contributed by atoms with van der Waals surface area (Å²) in [5.41, 5.74) is 0.495. The molecule has 2 nitrogen and oxygen atoms in total. The van der Waals surface area contributed by atoms with Crippen LogP contribution in [-0.2, 0) is 0 Å². The summed E-state index contributed by atoms with van der Waals surface area (Å²) in [6.07, 6.45) is 2.99. The van der Waals surface area contributed by atoms with E-state index in [1.165, 1.54) is 18.2 Å². The molecule has 1 aromatic carbocycles. The fourth-order valence-electron chi connectivity index (χ4n) is 1.54. The number of thioether (sulfide) groups is 1. The van der Waals surface area contributed by atoms with Crippen molar-refractivity contribution in [1.82, 2.24) is 4.90 Å². The Morgan fingerprint density at radius 1 is 1.56 bits per heavy atom. The third-order valence-corrected chi connectivity index (χ3v) is 4.18. The number of benzene rings is 1. The summed E-state index contributed by atoms with van der Waals surface area (Å²) in [7, 11) is 1.78. The van der Waals surface area contributed by atoms with Crippen molar-refractivity contribution < 1.29 is 9.18 Å². The van der Waals surface area contributed by atoms with Crippen LogP contribution < -0.4 is 0 Å². The lowest BCUT2D eigenvalue weighted by Crippen LogP contribution is -2.35. The summed E-state index contributed by atoms with van der Waals surface area (Å²) < 4.78 is 13.5. The Kier molecular flexibility index (Phi) is 6.15. The maximum Gasteiger partial charge on any atom is 0.254 e. The molecule has 100 valence electrons. The summed E-state index contributed by atoms with van der Waals surface area (Å²) >= 11 is 4.99. The molecule has 0 heterocycles. The predicted molar refractivity (Wildman–Crippen MR) is 78.7 cm³/mol. The van der Waals surface area contributed by atoms with Crippen LogP contribution in [0.25, 0.3) is 0 Å². The molecular weight excluding hydrogens is 317 g/mol. The van der Waals surface area contributed by atoms with Gasteiger partial charge in [-0.3, -0.25) is 4.79 Å². The first-order chi connectivity index (χ1) is 8.47. The lowest BCUT2D eigenvalue weighted by molar-refractivity contribution is 0.0740. The highest BCUT2D eigenvalue weighted by Crippen LogP contribution is 2.20. The van der Waals surface area contributed by atoms with E-state index in [0.29, 0.717) is 10.0 Å². The molecule has 0 N–H and O–H groups in total. The Labute approximate surface area is 120 Å². The Hall–Kier alpha value is -0.550. The van der Waals surface area contributed by atoms with Gasteiger partial charge in [0.05, 0.1) is 5.56 Å². The SMILES string of the molecule is CSCCC(C)N(C)C(=O)c1ccc(F)cc1Br. The topological polar surface area (TPSA) is 20.3 Å². The molecule has 0 fully saturated rings. The molecule has 1 atom stereocenters. The van der Waals surface area contributed by atoms with Crippen LogP contribution in [0.1, 0.15) is 23.7 Å². The summed E-state index contributed by atoms with van der Waals surface area (Å²) in [6, 6.07) is 4.30. The van der Waals surface area contributed by atoms with Crippen LogP contribution in [0.15, 0.2) is 22.7 Å². The van der Waals surface area contributed by atoms with Gasteiger partial charge in [0.2, 0.25) is 0 Å². The van der Waals surface area contributed by atoms with Gasteiger partial charge >= 0.3 is 0 Å². The maximum atomic E-state index is 13.0. The standard InChI is InChI=1S/C13H17BrFNOS/c1-9(6-7-18-3)16(2)13(17)11-5-4-10(15)8-12(11)14/h4-5,8-9H,6-7H2,1-3H3. The Bertz CT molecular complexity index is 427. The number of carbonyl (C=O) groups excluding carboxylic acids is 1. The molecule has 1 rings (SSSR count). The number of halogens is 2. The molecule has 0 radical (unpaired) electrons. The van der Waals surface area contributed by atoms with Gasteiger partial charge in [0, 0.05) is 17.6 Å². The number of rotatable bonds is 5. The number of hydrogen-bond acceptors (Lipinski definition) is 2. The highest BCUT2D eigenvalue weighted by Gasteiger charge is 2.19. The molecule has 1 aromatic rings. The van der Waals surface area contributed by atoms with E-state index in [2.05, 4.69) is 15.9 Å². The van der Waals surface area contributed by atoms with E-state index in [4.69, 9.17) is 0 Å². The van der Waals surface area contributed by atoms with Gasteiger partial charge in [-0.05, 0) is 59.5 Å². The highest BCUT2D eigenvalue weighted by atomic mass is 79.9. The van der Waals surface area contributed by atoms with Crippen LogP contribution in [-0.4, -0.2) is 35.9 Å². The molecule has 0 aromatic heterocycles. The monoisotopic (exact) mass is 333 g/mol. The van der Waals surface area contributed by atoms with Gasteiger partial charge in [-0.15, -0.1) is 0 Å². The maximum absolute atomic E-state index is 13.0. The van der Waals surface area contributed by atoms with Crippen molar-refractivity contribution in [1.29, 1.82) is 0 Å². The second-order valence-corrected chi connectivity index (χ2v) is 6.01. The number of carbonyl (C=O) groups is 1.